The number of ether oxygens (including phenoxy) is 1. The van der Waals surface area contributed by atoms with Gasteiger partial charge in [-0.15, -0.1) is 0 Å². The smallest absolute Gasteiger partial charge is 0.414 e. The van der Waals surface area contributed by atoms with E-state index in [4.69, 9.17) is 25.5 Å². The molecule has 0 aliphatic heterocycles. The number of hydrogen-bond acceptors (Lipinski definition) is 4. The molecule has 0 aromatic carbocycles. The van der Waals surface area contributed by atoms with Gasteiger partial charge in [0.1, 0.15) is 0 Å². The molecule has 0 aromatic heterocycles. The van der Waals surface area contributed by atoms with E-state index in [9.17, 15) is 0 Å². The minimum Gasteiger partial charge on any atom is -0.500 e. The predicted molar refractivity (Wildman–Crippen MR) is 40.5 cm³/mol. The highest BCUT2D eigenvalue weighted by Gasteiger charge is 2.04. The number of nitrogens with two attached hydrogens (primary N) is 1. The minimum absolute atomic E-state index is 0.562. The van der Waals surface area contributed by atoms with Crippen LogP contribution in [0.2, 0.25) is 0 Å². The zero-order valence-corrected chi connectivity index (χ0v) is 6.40. The number of rotatable bonds is 3. The standard InChI is InChI=1S/C4H9NO.C2H2O4/c1-2-6-4-3-5;3-1(4)2(5)6/h2H,1,3-5H2;(H,3,4)(H,5,6). The number of hydrogen-bond donors (Lipinski definition) is 3. The lowest BCUT2D eigenvalue weighted by atomic mass is 10.7. The van der Waals surface area contributed by atoms with E-state index in [0.717, 1.165) is 0 Å². The Morgan fingerprint density at radius 1 is 1.42 bits per heavy atom. The van der Waals surface area contributed by atoms with Crippen molar-refractivity contribution < 1.29 is 24.5 Å². The van der Waals surface area contributed by atoms with Crippen LogP contribution in [0.3, 0.4) is 0 Å². The molecule has 70 valence electrons. The van der Waals surface area contributed by atoms with Crippen molar-refractivity contribution in [2.45, 2.75) is 0 Å². The first-order chi connectivity index (χ1) is 5.56. The topological polar surface area (TPSA) is 110 Å². The molecule has 12 heavy (non-hydrogen) atoms. The van der Waals surface area contributed by atoms with Crippen molar-refractivity contribution >= 4 is 11.9 Å². The maximum atomic E-state index is 9.10. The van der Waals surface area contributed by atoms with Crippen LogP contribution in [0.1, 0.15) is 0 Å². The Bertz CT molecular complexity index is 144. The summed E-state index contributed by atoms with van der Waals surface area (Å²) in [5.74, 6) is -3.65. The maximum absolute atomic E-state index is 9.10. The normalized spacial score (nSPS) is 7.42. The highest BCUT2D eigenvalue weighted by atomic mass is 16.5. The molecule has 0 aromatic rings. The van der Waals surface area contributed by atoms with Crippen molar-refractivity contribution in [3.63, 3.8) is 0 Å². The van der Waals surface area contributed by atoms with E-state index in [-0.39, 0.29) is 0 Å². The summed E-state index contributed by atoms with van der Waals surface area (Å²) >= 11 is 0. The zero-order valence-electron chi connectivity index (χ0n) is 6.40. The van der Waals surface area contributed by atoms with Crippen LogP contribution in [-0.4, -0.2) is 35.3 Å². The zero-order chi connectivity index (χ0) is 9.98. The highest BCUT2D eigenvalue weighted by Crippen LogP contribution is 1.65. The highest BCUT2D eigenvalue weighted by molar-refractivity contribution is 6.27. The van der Waals surface area contributed by atoms with Crippen LogP contribution in [0, 0.1) is 0 Å². The molecule has 0 unspecified atom stereocenters. The van der Waals surface area contributed by atoms with Gasteiger partial charge in [0, 0.05) is 6.54 Å². The Balaban J connectivity index is 0. The van der Waals surface area contributed by atoms with E-state index in [0.29, 0.717) is 13.2 Å². The monoisotopic (exact) mass is 177 g/mol. The third-order valence-electron chi connectivity index (χ3n) is 0.537. The molecular formula is C6H11NO5. The van der Waals surface area contributed by atoms with Gasteiger partial charge in [-0.05, 0) is 0 Å². The molecule has 0 atom stereocenters. The first kappa shape index (κ1) is 13.1. The molecule has 6 nitrogen and oxygen atoms in total. The van der Waals surface area contributed by atoms with Crippen LogP contribution in [0.25, 0.3) is 0 Å². The minimum atomic E-state index is -1.82. The van der Waals surface area contributed by atoms with Gasteiger partial charge in [0.15, 0.2) is 0 Å². The number of carboxylic acid groups (broad SMARTS) is 2. The molecule has 0 aliphatic rings. The summed E-state index contributed by atoms with van der Waals surface area (Å²) in [4.78, 5) is 18.2. The van der Waals surface area contributed by atoms with E-state index in [1.807, 2.05) is 0 Å². The summed E-state index contributed by atoms with van der Waals surface area (Å²) in [5, 5.41) is 14.8. The molecule has 0 radical (unpaired) electrons. The molecule has 0 spiro atoms. The Labute approximate surface area is 69.2 Å². The second-order valence-corrected chi connectivity index (χ2v) is 1.44. The molecular weight excluding hydrogens is 166 g/mol. The summed E-state index contributed by atoms with van der Waals surface area (Å²) in [7, 11) is 0. The predicted octanol–water partition coefficient (Wildman–Crippen LogP) is -0.739. The third kappa shape index (κ3) is 15.8. The largest absolute Gasteiger partial charge is 0.500 e. The van der Waals surface area contributed by atoms with Gasteiger partial charge in [-0.25, -0.2) is 9.59 Å². The van der Waals surface area contributed by atoms with E-state index in [2.05, 4.69) is 11.3 Å². The molecule has 0 saturated carbocycles. The van der Waals surface area contributed by atoms with Crippen LogP contribution >= 0.6 is 0 Å². The number of carboxylic acids is 2. The Morgan fingerprint density at radius 2 is 1.83 bits per heavy atom. The van der Waals surface area contributed by atoms with Crippen LogP contribution in [-0.2, 0) is 14.3 Å². The van der Waals surface area contributed by atoms with Gasteiger partial charge in [-0.3, -0.25) is 0 Å². The lowest BCUT2D eigenvalue weighted by Crippen LogP contribution is -2.09. The third-order valence-corrected chi connectivity index (χ3v) is 0.537. The van der Waals surface area contributed by atoms with Gasteiger partial charge in [0.25, 0.3) is 0 Å². The van der Waals surface area contributed by atoms with Crippen LogP contribution in [0.4, 0.5) is 0 Å². The molecule has 6 heteroatoms. The fourth-order valence-corrected chi connectivity index (χ4v) is 0.151. The van der Waals surface area contributed by atoms with Crippen molar-refractivity contribution in [3.05, 3.63) is 12.8 Å². The summed E-state index contributed by atoms with van der Waals surface area (Å²) in [5.41, 5.74) is 5.04. The quantitative estimate of drug-likeness (QED) is 0.297. The number of aliphatic carboxylic acids is 2. The first-order valence-corrected chi connectivity index (χ1v) is 2.95. The van der Waals surface area contributed by atoms with Gasteiger partial charge in [-0.2, -0.15) is 0 Å². The maximum Gasteiger partial charge on any atom is 0.414 e. The Kier molecular flexibility index (Phi) is 10.3. The fourth-order valence-electron chi connectivity index (χ4n) is 0.151. The molecule has 0 fully saturated rings. The average molecular weight is 177 g/mol. The molecule has 0 bridgehead atoms. The SMILES string of the molecule is C=COCCN.O=C(O)C(=O)O. The molecule has 0 heterocycles. The van der Waals surface area contributed by atoms with E-state index in [1.54, 1.807) is 0 Å². The second kappa shape index (κ2) is 9.44. The van der Waals surface area contributed by atoms with Crippen LogP contribution in [0.5, 0.6) is 0 Å². The fraction of sp³-hybridized carbons (Fsp3) is 0.333. The molecule has 0 rings (SSSR count). The molecule has 0 aliphatic carbocycles. The summed E-state index contributed by atoms with van der Waals surface area (Å²) in [6.45, 7) is 4.45. The summed E-state index contributed by atoms with van der Waals surface area (Å²) < 4.78 is 4.62. The Morgan fingerprint density at radius 3 is 1.92 bits per heavy atom. The Hall–Kier alpha value is -1.56. The summed E-state index contributed by atoms with van der Waals surface area (Å²) in [6, 6.07) is 0. The molecule has 4 N–H and O–H groups in total. The van der Waals surface area contributed by atoms with Gasteiger partial charge < -0.3 is 20.7 Å². The van der Waals surface area contributed by atoms with Gasteiger partial charge >= 0.3 is 11.9 Å². The molecule has 0 saturated heterocycles. The molecule has 0 amide bonds. The van der Waals surface area contributed by atoms with Crippen molar-refractivity contribution in [1.82, 2.24) is 0 Å². The van der Waals surface area contributed by atoms with Crippen molar-refractivity contribution in [2.24, 2.45) is 5.73 Å². The lowest BCUT2D eigenvalue weighted by Gasteiger charge is -1.90. The van der Waals surface area contributed by atoms with Gasteiger partial charge in [0.05, 0.1) is 12.9 Å². The summed E-state index contributed by atoms with van der Waals surface area (Å²) in [6.07, 6.45) is 1.38. The van der Waals surface area contributed by atoms with Crippen molar-refractivity contribution in [3.8, 4) is 0 Å². The van der Waals surface area contributed by atoms with E-state index in [1.165, 1.54) is 6.26 Å². The second-order valence-electron chi connectivity index (χ2n) is 1.44. The van der Waals surface area contributed by atoms with Crippen molar-refractivity contribution in [2.75, 3.05) is 13.2 Å². The first-order valence-electron chi connectivity index (χ1n) is 2.95. The van der Waals surface area contributed by atoms with Gasteiger partial charge in [0.2, 0.25) is 0 Å². The van der Waals surface area contributed by atoms with E-state index < -0.39 is 11.9 Å². The van der Waals surface area contributed by atoms with Crippen molar-refractivity contribution in [1.29, 1.82) is 0 Å². The van der Waals surface area contributed by atoms with E-state index >= 15 is 0 Å². The lowest BCUT2D eigenvalue weighted by molar-refractivity contribution is -0.159. The average Bonchev–Trinajstić information content (AvgIpc) is 2.02. The number of carbonyl (C=O) groups is 2. The van der Waals surface area contributed by atoms with Gasteiger partial charge in [-0.1, -0.05) is 6.58 Å². The van der Waals surface area contributed by atoms with Crippen LogP contribution < -0.4 is 5.73 Å². The van der Waals surface area contributed by atoms with Crippen LogP contribution in [0.15, 0.2) is 12.8 Å².